The number of para-hydroxylation sites is 1. The number of aromatic nitrogens is 3. The molecule has 0 unspecified atom stereocenters. The molecule has 0 saturated carbocycles. The third-order valence-electron chi connectivity index (χ3n) is 8.95. The maximum Gasteiger partial charge on any atom is 0.138 e. The Bertz CT molecular complexity index is 2790. The maximum absolute atomic E-state index is 5.25. The zero-order valence-corrected chi connectivity index (χ0v) is 24.3. The van der Waals surface area contributed by atoms with Crippen LogP contribution < -0.4 is 0 Å². The van der Waals surface area contributed by atoms with Crippen LogP contribution in [0.15, 0.2) is 140 Å². The van der Waals surface area contributed by atoms with Crippen LogP contribution in [0.3, 0.4) is 0 Å². The van der Waals surface area contributed by atoms with E-state index >= 15 is 0 Å². The number of fused-ring (bicyclic) bond motifs is 12. The summed E-state index contributed by atoms with van der Waals surface area (Å²) in [6.07, 6.45) is 0. The molecule has 10 aromatic rings. The highest BCUT2D eigenvalue weighted by molar-refractivity contribution is 7.27. The van der Waals surface area contributed by atoms with Crippen molar-refractivity contribution in [3.8, 4) is 17.1 Å². The molecule has 4 heteroatoms. The van der Waals surface area contributed by atoms with Gasteiger partial charge < -0.3 is 0 Å². The highest BCUT2D eigenvalue weighted by atomic mass is 32.1. The summed E-state index contributed by atoms with van der Waals surface area (Å²) in [7, 11) is 0. The van der Waals surface area contributed by atoms with Crippen LogP contribution in [0.5, 0.6) is 0 Å². The van der Waals surface area contributed by atoms with Crippen LogP contribution in [-0.4, -0.2) is 14.5 Å². The highest BCUT2D eigenvalue weighted by Gasteiger charge is 2.22. The maximum atomic E-state index is 5.25. The quantitative estimate of drug-likeness (QED) is 0.205. The zero-order valence-electron chi connectivity index (χ0n) is 23.5. The Hall–Kier alpha value is -5.58. The first kappa shape index (κ1) is 23.9. The summed E-state index contributed by atoms with van der Waals surface area (Å²) in [6, 6.07) is 49.8. The van der Waals surface area contributed by atoms with E-state index in [1.807, 2.05) is 11.3 Å². The molecule has 0 atom stereocenters. The predicted molar refractivity (Wildman–Crippen MR) is 187 cm³/mol. The van der Waals surface area contributed by atoms with Gasteiger partial charge >= 0.3 is 0 Å². The molecule has 4 heterocycles. The van der Waals surface area contributed by atoms with Gasteiger partial charge in [-0.15, -0.1) is 11.3 Å². The summed E-state index contributed by atoms with van der Waals surface area (Å²) in [5, 5.41) is 10.2. The van der Waals surface area contributed by atoms with Crippen molar-refractivity contribution < 1.29 is 0 Å². The molecule has 6 aromatic carbocycles. The number of hydrogen-bond acceptors (Lipinski definition) is 3. The summed E-state index contributed by atoms with van der Waals surface area (Å²) in [4.78, 5) is 10.3. The Kier molecular flexibility index (Phi) is 4.87. The van der Waals surface area contributed by atoms with Crippen molar-refractivity contribution in [1.82, 2.24) is 14.5 Å². The summed E-state index contributed by atoms with van der Waals surface area (Å²) >= 11 is 1.87. The van der Waals surface area contributed by atoms with E-state index in [1.165, 1.54) is 58.0 Å². The fourth-order valence-corrected chi connectivity index (χ4v) is 8.26. The molecule has 0 N–H and O–H groups in total. The minimum Gasteiger partial charge on any atom is -0.292 e. The Morgan fingerprint density at radius 3 is 2.07 bits per heavy atom. The largest absolute Gasteiger partial charge is 0.292 e. The second kappa shape index (κ2) is 8.96. The first-order valence-corrected chi connectivity index (χ1v) is 15.7. The molecule has 0 fully saturated rings. The van der Waals surface area contributed by atoms with Crippen molar-refractivity contribution in [2.75, 3.05) is 0 Å². The molecule has 0 aliphatic rings. The summed E-state index contributed by atoms with van der Waals surface area (Å²) in [5.74, 6) is 0.901. The van der Waals surface area contributed by atoms with Gasteiger partial charge in [-0.3, -0.25) is 4.57 Å². The minimum atomic E-state index is 0.881. The van der Waals surface area contributed by atoms with Gasteiger partial charge in [0.05, 0.1) is 32.5 Å². The lowest BCUT2D eigenvalue weighted by Crippen LogP contribution is -1.98. The molecular formula is C40H23N3S. The molecule has 10 rings (SSSR count). The van der Waals surface area contributed by atoms with E-state index in [-0.39, 0.29) is 0 Å². The van der Waals surface area contributed by atoms with Gasteiger partial charge in [-0.05, 0) is 64.0 Å². The van der Waals surface area contributed by atoms with Gasteiger partial charge in [0.2, 0.25) is 0 Å². The fourth-order valence-electron chi connectivity index (χ4n) is 7.00. The molecule has 0 bridgehead atoms. The number of nitrogens with zero attached hydrogens (tertiary/aromatic N) is 3. The monoisotopic (exact) mass is 577 g/mol. The first-order valence-electron chi connectivity index (χ1n) is 14.8. The fraction of sp³-hybridized carbons (Fsp3) is 0. The standard InChI is InChI=1S/C40H23N3S/c1-2-10-25-23-26(18-17-24(25)9-1)31-19-20-33-32(41-31)21-22-36(42-33)43-34-15-7-5-13-29(34)37-27-11-3-4-12-28(27)38-30-14-6-8-16-35(30)44-40(38)39(37)43/h1-23H. The third kappa shape index (κ3) is 3.31. The van der Waals surface area contributed by atoms with Gasteiger partial charge in [0.1, 0.15) is 5.82 Å². The first-order chi connectivity index (χ1) is 21.8. The number of hydrogen-bond donors (Lipinski definition) is 0. The Labute approximate surface area is 256 Å². The van der Waals surface area contributed by atoms with Crippen molar-refractivity contribution in [1.29, 1.82) is 0 Å². The molecule has 4 aromatic heterocycles. The van der Waals surface area contributed by atoms with E-state index in [1.54, 1.807) is 0 Å². The predicted octanol–water partition coefficient (Wildman–Crippen LogP) is 11.1. The van der Waals surface area contributed by atoms with E-state index in [2.05, 4.69) is 144 Å². The Morgan fingerprint density at radius 2 is 1.18 bits per heavy atom. The van der Waals surface area contributed by atoms with Crippen molar-refractivity contribution in [3.63, 3.8) is 0 Å². The zero-order chi connectivity index (χ0) is 28.8. The smallest absolute Gasteiger partial charge is 0.138 e. The van der Waals surface area contributed by atoms with Crippen molar-refractivity contribution in [3.05, 3.63) is 140 Å². The average molecular weight is 578 g/mol. The van der Waals surface area contributed by atoms with Crippen LogP contribution in [0, 0.1) is 0 Å². The second-order valence-electron chi connectivity index (χ2n) is 11.4. The van der Waals surface area contributed by atoms with Gasteiger partial charge in [0.15, 0.2) is 0 Å². The molecule has 204 valence electrons. The average Bonchev–Trinajstić information content (AvgIpc) is 3.65. The SMILES string of the molecule is c1ccc2cc(-c3ccc4nc(-n5c6ccccc6c6c7ccccc7c7c8ccccc8sc7c65)ccc4n3)ccc2c1. The lowest BCUT2D eigenvalue weighted by Gasteiger charge is -2.11. The van der Waals surface area contributed by atoms with Crippen LogP contribution in [0.25, 0.3) is 91.6 Å². The summed E-state index contributed by atoms with van der Waals surface area (Å²) in [6.45, 7) is 0. The molecule has 0 amide bonds. The van der Waals surface area contributed by atoms with Gasteiger partial charge in [0, 0.05) is 31.8 Å². The molecule has 0 saturated heterocycles. The van der Waals surface area contributed by atoms with Gasteiger partial charge in [-0.1, -0.05) is 97.1 Å². The van der Waals surface area contributed by atoms with Gasteiger partial charge in [-0.25, -0.2) is 9.97 Å². The number of pyridine rings is 2. The number of benzene rings is 6. The van der Waals surface area contributed by atoms with Crippen molar-refractivity contribution in [2.24, 2.45) is 0 Å². The van der Waals surface area contributed by atoms with E-state index in [0.717, 1.165) is 33.6 Å². The third-order valence-corrected chi connectivity index (χ3v) is 10.1. The van der Waals surface area contributed by atoms with Crippen molar-refractivity contribution in [2.45, 2.75) is 0 Å². The van der Waals surface area contributed by atoms with Gasteiger partial charge in [-0.2, -0.15) is 0 Å². The Morgan fingerprint density at radius 1 is 0.500 bits per heavy atom. The highest BCUT2D eigenvalue weighted by Crippen LogP contribution is 2.47. The molecule has 0 aliphatic carbocycles. The summed E-state index contributed by atoms with van der Waals surface area (Å²) in [5.41, 5.74) is 6.20. The normalized spacial score (nSPS) is 12.1. The minimum absolute atomic E-state index is 0.881. The molecule has 44 heavy (non-hydrogen) atoms. The number of thiophene rings is 1. The van der Waals surface area contributed by atoms with Crippen LogP contribution in [0.2, 0.25) is 0 Å². The molecule has 3 nitrogen and oxygen atoms in total. The molecule has 0 spiro atoms. The molecular weight excluding hydrogens is 555 g/mol. The molecule has 0 aliphatic heterocycles. The van der Waals surface area contributed by atoms with Crippen LogP contribution >= 0.6 is 11.3 Å². The van der Waals surface area contributed by atoms with Crippen LogP contribution in [-0.2, 0) is 0 Å². The van der Waals surface area contributed by atoms with Gasteiger partial charge in [0.25, 0.3) is 0 Å². The van der Waals surface area contributed by atoms with E-state index in [0.29, 0.717) is 0 Å². The second-order valence-corrected chi connectivity index (χ2v) is 12.4. The summed E-state index contributed by atoms with van der Waals surface area (Å²) < 4.78 is 4.96. The lowest BCUT2D eigenvalue weighted by molar-refractivity contribution is 1.10. The van der Waals surface area contributed by atoms with Crippen molar-refractivity contribution >= 4 is 85.9 Å². The lowest BCUT2D eigenvalue weighted by atomic mass is 9.99. The van der Waals surface area contributed by atoms with Crippen LogP contribution in [0.4, 0.5) is 0 Å². The Balaban J connectivity index is 1.26. The number of rotatable bonds is 2. The molecule has 0 radical (unpaired) electrons. The van der Waals surface area contributed by atoms with E-state index in [4.69, 9.17) is 9.97 Å². The van der Waals surface area contributed by atoms with E-state index < -0.39 is 0 Å². The van der Waals surface area contributed by atoms with Crippen LogP contribution in [0.1, 0.15) is 0 Å². The van der Waals surface area contributed by atoms with E-state index in [9.17, 15) is 0 Å². The topological polar surface area (TPSA) is 30.7 Å².